The molecule has 0 radical (unpaired) electrons. The molecule has 2 saturated heterocycles. The van der Waals surface area contributed by atoms with Crippen LogP contribution >= 0.6 is 0 Å². The highest BCUT2D eigenvalue weighted by atomic mass is 16.7. The first-order chi connectivity index (χ1) is 24.1. The summed E-state index contributed by atoms with van der Waals surface area (Å²) in [6, 6.07) is -0.902. The highest BCUT2D eigenvalue weighted by Crippen LogP contribution is 2.29. The number of allylic oxidation sites excluding steroid dienone is 1. The number of carbonyl (C=O) groups is 1. The molecule has 2 aliphatic rings. The standard InChI is InChI=1S/C36H67NO13/c1-3-5-7-9-11-12-14-15-17-19-25(40)24(37-28(41)20-18-16-13-10-8-6-4-2)23-47-35-33(46)31(44)34(27(22-39)49-35)50-36-32(45)30(43)29(42)26(21-38)48-36/h17,19,24-27,29-36,38-40,42-46H,3-16,18,20-23H2,1-2H3,(H,37,41)/b19-17+/t24-,25+,26+,27+,29-,30?,31?,32?,33?,34+,35+,36-/m0/s1. The number of aliphatic hydroxyl groups excluding tert-OH is 8. The fraction of sp³-hybridized carbons (Fsp3) is 0.917. The SMILES string of the molecule is CCCCCCCCC/C=C/[C@@H](O)[C@H](CO[C@@H]1O[C@H](CO)[C@@H](O[C@@H]2O[C@H](CO)[C@H](O)C(O)C2O)C(O)C1O)NC(=O)CCCCCCCCC. The lowest BCUT2D eigenvalue weighted by Crippen LogP contribution is -2.65. The minimum atomic E-state index is -1.78. The number of hydrogen-bond donors (Lipinski definition) is 9. The monoisotopic (exact) mass is 721 g/mol. The molecule has 2 heterocycles. The number of carbonyl (C=O) groups excluding carboxylic acids is 1. The lowest BCUT2D eigenvalue weighted by molar-refractivity contribution is -0.359. The quantitative estimate of drug-likeness (QED) is 0.0454. The van der Waals surface area contributed by atoms with Crippen molar-refractivity contribution in [2.75, 3.05) is 19.8 Å². The number of aliphatic hydroxyl groups is 8. The van der Waals surface area contributed by atoms with Crippen LogP contribution in [0.5, 0.6) is 0 Å². The maximum Gasteiger partial charge on any atom is 0.220 e. The molecule has 2 fully saturated rings. The van der Waals surface area contributed by atoms with Gasteiger partial charge in [0.2, 0.25) is 5.91 Å². The molecule has 4 unspecified atom stereocenters. The molecule has 0 bridgehead atoms. The minimum Gasteiger partial charge on any atom is -0.394 e. The van der Waals surface area contributed by atoms with Crippen molar-refractivity contribution in [2.24, 2.45) is 0 Å². The molecule has 9 N–H and O–H groups in total. The molecule has 0 aromatic heterocycles. The molecular weight excluding hydrogens is 654 g/mol. The number of hydrogen-bond acceptors (Lipinski definition) is 13. The highest BCUT2D eigenvalue weighted by Gasteiger charge is 2.50. The van der Waals surface area contributed by atoms with Crippen molar-refractivity contribution in [1.82, 2.24) is 5.32 Å². The van der Waals surface area contributed by atoms with Gasteiger partial charge in [0, 0.05) is 6.42 Å². The van der Waals surface area contributed by atoms with Gasteiger partial charge in [-0.05, 0) is 19.3 Å². The zero-order valence-corrected chi connectivity index (χ0v) is 30.1. The van der Waals surface area contributed by atoms with E-state index in [1.165, 1.54) is 51.4 Å². The Morgan fingerprint density at radius 3 is 1.84 bits per heavy atom. The maximum absolute atomic E-state index is 12.9. The van der Waals surface area contributed by atoms with Crippen LogP contribution in [0.15, 0.2) is 12.2 Å². The molecule has 0 aromatic rings. The van der Waals surface area contributed by atoms with Gasteiger partial charge in [-0.25, -0.2) is 0 Å². The predicted molar refractivity (Wildman–Crippen MR) is 185 cm³/mol. The summed E-state index contributed by atoms with van der Waals surface area (Å²) in [6.45, 7) is 2.64. The molecule has 50 heavy (non-hydrogen) atoms. The van der Waals surface area contributed by atoms with Gasteiger partial charge in [-0.3, -0.25) is 4.79 Å². The zero-order chi connectivity index (χ0) is 36.9. The van der Waals surface area contributed by atoms with E-state index in [1.54, 1.807) is 6.08 Å². The molecular formula is C36H67NO13. The van der Waals surface area contributed by atoms with E-state index >= 15 is 0 Å². The van der Waals surface area contributed by atoms with Crippen molar-refractivity contribution in [3.8, 4) is 0 Å². The number of ether oxygens (including phenoxy) is 4. The molecule has 2 aliphatic heterocycles. The van der Waals surface area contributed by atoms with Crippen LogP contribution in [0.25, 0.3) is 0 Å². The van der Waals surface area contributed by atoms with Gasteiger partial charge in [0.05, 0.1) is 32.0 Å². The van der Waals surface area contributed by atoms with Gasteiger partial charge in [-0.15, -0.1) is 0 Å². The van der Waals surface area contributed by atoms with E-state index in [1.807, 2.05) is 6.08 Å². The summed E-state index contributed by atoms with van der Waals surface area (Å²) in [5.41, 5.74) is 0. The van der Waals surface area contributed by atoms with Gasteiger partial charge in [-0.1, -0.05) is 103 Å². The molecule has 0 aromatic carbocycles. The van der Waals surface area contributed by atoms with E-state index in [0.29, 0.717) is 6.42 Å². The van der Waals surface area contributed by atoms with Crippen molar-refractivity contribution in [3.63, 3.8) is 0 Å². The van der Waals surface area contributed by atoms with Gasteiger partial charge in [0.25, 0.3) is 0 Å². The van der Waals surface area contributed by atoms with E-state index in [-0.39, 0.29) is 18.9 Å². The van der Waals surface area contributed by atoms with Crippen LogP contribution in [0.4, 0.5) is 0 Å². The molecule has 14 nitrogen and oxygen atoms in total. The lowest BCUT2D eigenvalue weighted by Gasteiger charge is -2.46. The average Bonchev–Trinajstić information content (AvgIpc) is 3.11. The first-order valence-electron chi connectivity index (χ1n) is 18.9. The third kappa shape index (κ3) is 15.4. The Kier molecular flexibility index (Phi) is 23.0. The van der Waals surface area contributed by atoms with Crippen molar-refractivity contribution < 1.29 is 64.6 Å². The second kappa shape index (κ2) is 25.7. The third-order valence-electron chi connectivity index (χ3n) is 9.47. The normalized spacial score (nSPS) is 31.6. The summed E-state index contributed by atoms with van der Waals surface area (Å²) < 4.78 is 22.4. The van der Waals surface area contributed by atoms with Crippen LogP contribution in [-0.4, -0.2) is 140 Å². The zero-order valence-electron chi connectivity index (χ0n) is 30.1. The fourth-order valence-corrected chi connectivity index (χ4v) is 6.23. The van der Waals surface area contributed by atoms with Crippen molar-refractivity contribution in [2.45, 2.75) is 190 Å². The van der Waals surface area contributed by atoms with Crippen LogP contribution in [0.1, 0.15) is 117 Å². The average molecular weight is 722 g/mol. The van der Waals surface area contributed by atoms with Crippen molar-refractivity contribution in [3.05, 3.63) is 12.2 Å². The Bertz CT molecular complexity index is 909. The maximum atomic E-state index is 12.9. The topological polar surface area (TPSA) is 228 Å². The van der Waals surface area contributed by atoms with Crippen molar-refractivity contribution >= 4 is 5.91 Å². The van der Waals surface area contributed by atoms with Gasteiger partial charge >= 0.3 is 0 Å². The fourth-order valence-electron chi connectivity index (χ4n) is 6.23. The number of nitrogens with one attached hydrogen (secondary N) is 1. The summed E-state index contributed by atoms with van der Waals surface area (Å²) in [6.07, 6.45) is 3.14. The molecule has 0 aliphatic carbocycles. The largest absolute Gasteiger partial charge is 0.394 e. The van der Waals surface area contributed by atoms with Crippen LogP contribution in [-0.2, 0) is 23.7 Å². The second-order valence-corrected chi connectivity index (χ2v) is 13.7. The molecule has 0 saturated carbocycles. The number of rotatable bonds is 26. The molecule has 0 spiro atoms. The number of amides is 1. The lowest BCUT2D eigenvalue weighted by atomic mass is 9.97. The first kappa shape index (κ1) is 44.9. The molecule has 1 amide bonds. The Balaban J connectivity index is 2.00. The molecule has 2 rings (SSSR count). The van der Waals surface area contributed by atoms with E-state index in [0.717, 1.165) is 38.5 Å². The highest BCUT2D eigenvalue weighted by molar-refractivity contribution is 5.76. The first-order valence-corrected chi connectivity index (χ1v) is 18.9. The molecule has 12 atom stereocenters. The van der Waals surface area contributed by atoms with Gasteiger partial charge in [0.15, 0.2) is 12.6 Å². The summed E-state index contributed by atoms with van der Waals surface area (Å²) in [5, 5.41) is 85.7. The summed E-state index contributed by atoms with van der Waals surface area (Å²) in [4.78, 5) is 12.9. The predicted octanol–water partition coefficient (Wildman–Crippen LogP) is 1.31. The summed E-state index contributed by atoms with van der Waals surface area (Å²) >= 11 is 0. The van der Waals surface area contributed by atoms with E-state index in [9.17, 15) is 45.6 Å². The second-order valence-electron chi connectivity index (χ2n) is 13.7. The molecule has 14 heteroatoms. The van der Waals surface area contributed by atoms with Crippen LogP contribution in [0.3, 0.4) is 0 Å². The summed E-state index contributed by atoms with van der Waals surface area (Å²) in [7, 11) is 0. The van der Waals surface area contributed by atoms with Crippen LogP contribution in [0, 0.1) is 0 Å². The summed E-state index contributed by atoms with van der Waals surface area (Å²) in [5.74, 6) is -0.252. The Labute approximate surface area is 297 Å². The smallest absolute Gasteiger partial charge is 0.220 e. The van der Waals surface area contributed by atoms with Crippen LogP contribution in [0.2, 0.25) is 0 Å². The minimum absolute atomic E-state index is 0.252. The van der Waals surface area contributed by atoms with Crippen LogP contribution < -0.4 is 5.32 Å². The van der Waals surface area contributed by atoms with E-state index < -0.39 is 86.8 Å². The Morgan fingerprint density at radius 1 is 0.700 bits per heavy atom. The van der Waals surface area contributed by atoms with Crippen molar-refractivity contribution in [1.29, 1.82) is 0 Å². The number of unbranched alkanes of at least 4 members (excludes halogenated alkanes) is 13. The van der Waals surface area contributed by atoms with E-state index in [2.05, 4.69) is 19.2 Å². The van der Waals surface area contributed by atoms with Gasteiger partial charge < -0.3 is 65.1 Å². The third-order valence-corrected chi connectivity index (χ3v) is 9.47. The van der Waals surface area contributed by atoms with Gasteiger partial charge in [0.1, 0.15) is 48.8 Å². The Morgan fingerprint density at radius 2 is 1.24 bits per heavy atom. The van der Waals surface area contributed by atoms with E-state index in [4.69, 9.17) is 18.9 Å². The molecule has 294 valence electrons. The van der Waals surface area contributed by atoms with Gasteiger partial charge in [-0.2, -0.15) is 0 Å². The Hall–Kier alpha value is -1.27.